The van der Waals surface area contributed by atoms with Crippen molar-refractivity contribution in [1.82, 2.24) is 14.8 Å². The number of hydrogen-bond donors (Lipinski definition) is 0. The van der Waals surface area contributed by atoms with Crippen molar-refractivity contribution in [3.05, 3.63) is 53.5 Å². The molecule has 1 atom stereocenters. The molecule has 1 aromatic carbocycles. The number of carbonyl (C=O) groups is 2. The van der Waals surface area contributed by atoms with Crippen LogP contribution in [0, 0.1) is 5.82 Å². The van der Waals surface area contributed by atoms with E-state index in [1.165, 1.54) is 12.1 Å². The van der Waals surface area contributed by atoms with Crippen LogP contribution in [0.3, 0.4) is 0 Å². The summed E-state index contributed by atoms with van der Waals surface area (Å²) in [5.41, 5.74) is 3.04. The summed E-state index contributed by atoms with van der Waals surface area (Å²) < 4.78 is 25.1. The van der Waals surface area contributed by atoms with Gasteiger partial charge in [0, 0.05) is 43.4 Å². The van der Waals surface area contributed by atoms with E-state index >= 15 is 0 Å². The quantitative estimate of drug-likeness (QED) is 0.511. The van der Waals surface area contributed by atoms with Crippen molar-refractivity contribution < 1.29 is 23.1 Å². The Hall–Kier alpha value is -3.26. The van der Waals surface area contributed by atoms with Crippen molar-refractivity contribution >= 4 is 22.9 Å². The van der Waals surface area contributed by atoms with Gasteiger partial charge in [-0.05, 0) is 62.9 Å². The van der Waals surface area contributed by atoms with E-state index in [9.17, 15) is 14.0 Å². The molecule has 3 aromatic rings. The third-order valence-corrected chi connectivity index (χ3v) is 7.14. The molecule has 0 saturated carbocycles. The van der Waals surface area contributed by atoms with Crippen LogP contribution < -0.4 is 0 Å². The SMILES string of the molecule is CC(C)c1cc(-c2ccc(F)cc2)nc2cc(C(=O)N3CCN(C(=O)C4CCCO4)CC3(C)C)oc12. The molecule has 0 radical (unpaired) electrons. The topological polar surface area (TPSA) is 75.9 Å². The van der Waals surface area contributed by atoms with Crippen molar-refractivity contribution in [2.75, 3.05) is 26.2 Å². The van der Waals surface area contributed by atoms with Gasteiger partial charge in [-0.1, -0.05) is 13.8 Å². The molecule has 36 heavy (non-hydrogen) atoms. The summed E-state index contributed by atoms with van der Waals surface area (Å²) in [5.74, 6) is -0.161. The fraction of sp³-hybridized carbons (Fsp3) is 0.464. The van der Waals surface area contributed by atoms with Gasteiger partial charge in [0.05, 0.1) is 11.2 Å². The van der Waals surface area contributed by atoms with E-state index in [0.29, 0.717) is 43.0 Å². The molecular formula is C28H32FN3O4. The number of ether oxygens (including phenoxy) is 1. The van der Waals surface area contributed by atoms with Crippen LogP contribution in [-0.2, 0) is 9.53 Å². The van der Waals surface area contributed by atoms with E-state index < -0.39 is 5.54 Å². The summed E-state index contributed by atoms with van der Waals surface area (Å²) in [5, 5.41) is 0. The summed E-state index contributed by atoms with van der Waals surface area (Å²) in [6, 6.07) is 9.84. The number of piperazine rings is 1. The van der Waals surface area contributed by atoms with Crippen LogP contribution in [-0.4, -0.2) is 64.5 Å². The number of rotatable bonds is 4. The van der Waals surface area contributed by atoms with Crippen molar-refractivity contribution in [1.29, 1.82) is 0 Å². The Morgan fingerprint density at radius 2 is 1.89 bits per heavy atom. The number of pyridine rings is 1. The first-order valence-corrected chi connectivity index (χ1v) is 12.6. The number of carbonyl (C=O) groups excluding carboxylic acids is 2. The van der Waals surface area contributed by atoms with Crippen LogP contribution in [0.15, 0.2) is 40.8 Å². The van der Waals surface area contributed by atoms with Gasteiger partial charge in [-0.15, -0.1) is 0 Å². The maximum atomic E-state index is 13.6. The Bertz CT molecular complexity index is 1290. The van der Waals surface area contributed by atoms with E-state index in [1.54, 1.807) is 23.1 Å². The molecule has 8 heteroatoms. The summed E-state index contributed by atoms with van der Waals surface area (Å²) >= 11 is 0. The molecule has 2 aliphatic rings. The molecule has 1 unspecified atom stereocenters. The molecule has 0 aliphatic carbocycles. The third-order valence-electron chi connectivity index (χ3n) is 7.14. The van der Waals surface area contributed by atoms with Crippen LogP contribution in [0.2, 0.25) is 0 Å². The number of fused-ring (bicyclic) bond motifs is 1. The number of amides is 2. The molecular weight excluding hydrogens is 461 g/mol. The number of nitrogens with zero attached hydrogens (tertiary/aromatic N) is 3. The second-order valence-corrected chi connectivity index (χ2v) is 10.6. The van der Waals surface area contributed by atoms with Gasteiger partial charge in [0.2, 0.25) is 0 Å². The average Bonchev–Trinajstić information content (AvgIpc) is 3.52. The molecule has 2 amide bonds. The van der Waals surface area contributed by atoms with Crippen LogP contribution in [0.1, 0.15) is 62.6 Å². The Labute approximate surface area is 210 Å². The van der Waals surface area contributed by atoms with Crippen LogP contribution >= 0.6 is 0 Å². The average molecular weight is 494 g/mol. The number of halogens is 1. The highest BCUT2D eigenvalue weighted by molar-refractivity contribution is 5.97. The van der Waals surface area contributed by atoms with Crippen molar-refractivity contribution in [2.45, 2.75) is 58.1 Å². The fourth-order valence-electron chi connectivity index (χ4n) is 5.18. The lowest BCUT2D eigenvalue weighted by molar-refractivity contribution is -0.145. The lowest BCUT2D eigenvalue weighted by Crippen LogP contribution is -2.63. The lowest BCUT2D eigenvalue weighted by atomic mass is 9.97. The zero-order valence-electron chi connectivity index (χ0n) is 21.2. The molecule has 0 spiro atoms. The van der Waals surface area contributed by atoms with Gasteiger partial charge in [-0.2, -0.15) is 0 Å². The van der Waals surface area contributed by atoms with Crippen molar-refractivity contribution in [3.63, 3.8) is 0 Å². The highest BCUT2D eigenvalue weighted by Crippen LogP contribution is 2.33. The smallest absolute Gasteiger partial charge is 0.290 e. The largest absolute Gasteiger partial charge is 0.449 e. The van der Waals surface area contributed by atoms with Gasteiger partial charge < -0.3 is 19.0 Å². The van der Waals surface area contributed by atoms with E-state index in [4.69, 9.17) is 14.1 Å². The third kappa shape index (κ3) is 4.50. The lowest BCUT2D eigenvalue weighted by Gasteiger charge is -2.47. The highest BCUT2D eigenvalue weighted by atomic mass is 19.1. The molecule has 2 fully saturated rings. The van der Waals surface area contributed by atoms with Gasteiger partial charge in [0.25, 0.3) is 11.8 Å². The highest BCUT2D eigenvalue weighted by Gasteiger charge is 2.41. The predicted molar refractivity (Wildman–Crippen MR) is 134 cm³/mol. The molecule has 190 valence electrons. The van der Waals surface area contributed by atoms with Gasteiger partial charge in [-0.3, -0.25) is 9.59 Å². The minimum atomic E-state index is -0.573. The first-order chi connectivity index (χ1) is 17.1. The summed E-state index contributed by atoms with van der Waals surface area (Å²) in [4.78, 5) is 34.8. The van der Waals surface area contributed by atoms with E-state index in [2.05, 4.69) is 13.8 Å². The Morgan fingerprint density at radius 1 is 1.14 bits per heavy atom. The zero-order chi connectivity index (χ0) is 25.6. The molecule has 2 aromatic heterocycles. The van der Waals surface area contributed by atoms with Crippen LogP contribution in [0.5, 0.6) is 0 Å². The molecule has 4 heterocycles. The standard InChI is InChI=1S/C28H32FN3O4/c1-17(2)20-14-21(18-7-9-19(29)10-8-18)30-22-15-24(36-25(20)22)27(34)32-12-11-31(16-28(32,3)4)26(33)23-6-5-13-35-23/h7-10,14-15,17,23H,5-6,11-13,16H2,1-4H3. The predicted octanol–water partition coefficient (Wildman–Crippen LogP) is 5.00. The number of benzene rings is 1. The molecule has 7 nitrogen and oxygen atoms in total. The molecule has 0 bridgehead atoms. The monoisotopic (exact) mass is 493 g/mol. The van der Waals surface area contributed by atoms with Crippen molar-refractivity contribution in [2.24, 2.45) is 0 Å². The first kappa shape index (κ1) is 24.4. The van der Waals surface area contributed by atoms with Crippen LogP contribution in [0.4, 0.5) is 4.39 Å². The number of furan rings is 1. The second kappa shape index (κ2) is 9.32. The normalized spacial score (nSPS) is 19.9. The fourth-order valence-corrected chi connectivity index (χ4v) is 5.18. The number of hydrogen-bond acceptors (Lipinski definition) is 5. The second-order valence-electron chi connectivity index (χ2n) is 10.6. The Balaban J connectivity index is 1.42. The van der Waals surface area contributed by atoms with E-state index in [-0.39, 0.29) is 35.4 Å². The summed E-state index contributed by atoms with van der Waals surface area (Å²) in [6.07, 6.45) is 1.29. The van der Waals surface area contributed by atoms with Gasteiger partial charge in [0.1, 0.15) is 17.4 Å². The van der Waals surface area contributed by atoms with Gasteiger partial charge in [0.15, 0.2) is 11.3 Å². The summed E-state index contributed by atoms with van der Waals surface area (Å²) in [7, 11) is 0. The first-order valence-electron chi connectivity index (χ1n) is 12.6. The molecule has 0 N–H and O–H groups in total. The number of aromatic nitrogens is 1. The maximum absolute atomic E-state index is 13.6. The maximum Gasteiger partial charge on any atom is 0.290 e. The van der Waals surface area contributed by atoms with Gasteiger partial charge in [-0.25, -0.2) is 9.37 Å². The Kier molecular flexibility index (Phi) is 6.32. The molecule has 2 aliphatic heterocycles. The van der Waals surface area contributed by atoms with E-state index in [1.807, 2.05) is 24.8 Å². The van der Waals surface area contributed by atoms with E-state index in [0.717, 1.165) is 24.0 Å². The van der Waals surface area contributed by atoms with Gasteiger partial charge >= 0.3 is 0 Å². The Morgan fingerprint density at radius 3 is 2.53 bits per heavy atom. The molecule has 2 saturated heterocycles. The summed E-state index contributed by atoms with van der Waals surface area (Å²) in [6.45, 7) is 9.97. The van der Waals surface area contributed by atoms with Crippen LogP contribution in [0.25, 0.3) is 22.4 Å². The minimum absolute atomic E-state index is 0.00973. The van der Waals surface area contributed by atoms with Crippen molar-refractivity contribution in [3.8, 4) is 11.3 Å². The zero-order valence-corrected chi connectivity index (χ0v) is 21.2. The minimum Gasteiger partial charge on any atom is -0.449 e. The molecule has 5 rings (SSSR count).